The second-order valence-electron chi connectivity index (χ2n) is 6.53. The molecule has 5 nitrogen and oxygen atoms in total. The van der Waals surface area contributed by atoms with E-state index < -0.39 is 0 Å². The van der Waals surface area contributed by atoms with Crippen molar-refractivity contribution in [1.82, 2.24) is 15.5 Å². The summed E-state index contributed by atoms with van der Waals surface area (Å²) in [6, 6.07) is 7.36. The molecule has 1 aromatic carbocycles. The molecule has 2 aromatic rings. The van der Waals surface area contributed by atoms with Crippen LogP contribution in [0.2, 0.25) is 0 Å². The molecule has 2 saturated heterocycles. The predicted octanol–water partition coefficient (Wildman–Crippen LogP) is 3.28. The summed E-state index contributed by atoms with van der Waals surface area (Å²) in [7, 11) is 0. The Morgan fingerprint density at radius 3 is 2.79 bits per heavy atom. The Kier molecular flexibility index (Phi) is 5.36. The summed E-state index contributed by atoms with van der Waals surface area (Å²) in [5, 5.41) is 7.59. The van der Waals surface area contributed by atoms with Crippen LogP contribution in [0.4, 0.5) is 4.39 Å². The zero-order valence-corrected chi connectivity index (χ0v) is 14.1. The molecule has 2 fully saturated rings. The summed E-state index contributed by atoms with van der Waals surface area (Å²) >= 11 is 0. The van der Waals surface area contributed by atoms with Gasteiger partial charge in [-0.3, -0.25) is 0 Å². The summed E-state index contributed by atoms with van der Waals surface area (Å²) in [5.74, 6) is 1.93. The van der Waals surface area contributed by atoms with Gasteiger partial charge in [-0.15, -0.1) is 12.4 Å². The first-order valence-corrected chi connectivity index (χ1v) is 8.20. The molecular formula is C17H21ClFN3O2. The standard InChI is InChI=1S/C17H20FN3O2.ClH/c18-12-2-1-3-15(9-12)22-10-16-20-17(23-21-16)8-11-6-13-4-5-14(7-11)19-13;/h1-3,9,11,13-14,19H,4-8,10H2;1H. The van der Waals surface area contributed by atoms with E-state index >= 15 is 0 Å². The van der Waals surface area contributed by atoms with Gasteiger partial charge < -0.3 is 14.6 Å². The maximum atomic E-state index is 13.1. The number of nitrogens with one attached hydrogen (secondary N) is 1. The van der Waals surface area contributed by atoms with Crippen LogP contribution in [0.25, 0.3) is 0 Å². The predicted molar refractivity (Wildman–Crippen MR) is 88.7 cm³/mol. The maximum Gasteiger partial charge on any atom is 0.227 e. The zero-order valence-electron chi connectivity index (χ0n) is 13.3. The van der Waals surface area contributed by atoms with Crippen molar-refractivity contribution in [3.63, 3.8) is 0 Å². The first kappa shape index (κ1) is 17.2. The van der Waals surface area contributed by atoms with Crippen LogP contribution in [0.1, 0.15) is 37.4 Å². The van der Waals surface area contributed by atoms with Gasteiger partial charge in [0.1, 0.15) is 11.6 Å². The Hall–Kier alpha value is -1.66. The Bertz CT molecular complexity index is 669. The van der Waals surface area contributed by atoms with E-state index in [9.17, 15) is 4.39 Å². The van der Waals surface area contributed by atoms with E-state index in [0.29, 0.717) is 35.5 Å². The quantitative estimate of drug-likeness (QED) is 0.893. The van der Waals surface area contributed by atoms with E-state index in [1.165, 1.54) is 37.8 Å². The SMILES string of the molecule is Cl.Fc1cccc(OCc2noc(CC3CC4CCC(C3)N4)n2)c1. The number of hydrogen-bond donors (Lipinski definition) is 1. The first-order chi connectivity index (χ1) is 11.2. The first-order valence-electron chi connectivity index (χ1n) is 8.20. The minimum Gasteiger partial charge on any atom is -0.485 e. The highest BCUT2D eigenvalue weighted by Gasteiger charge is 2.34. The Morgan fingerprint density at radius 1 is 1.25 bits per heavy atom. The zero-order chi connectivity index (χ0) is 15.6. The van der Waals surface area contributed by atoms with Crippen molar-refractivity contribution < 1.29 is 13.7 Å². The number of ether oxygens (including phenoxy) is 1. The third kappa shape index (κ3) is 4.05. The highest BCUT2D eigenvalue weighted by atomic mass is 35.5. The summed E-state index contributed by atoms with van der Waals surface area (Å²) in [5.41, 5.74) is 0. The molecule has 2 atom stereocenters. The lowest BCUT2D eigenvalue weighted by atomic mass is 9.90. The summed E-state index contributed by atoms with van der Waals surface area (Å²) < 4.78 is 23.9. The average molecular weight is 354 g/mol. The topological polar surface area (TPSA) is 60.2 Å². The smallest absolute Gasteiger partial charge is 0.227 e. The Labute approximate surface area is 146 Å². The molecule has 3 heterocycles. The van der Waals surface area contributed by atoms with Crippen molar-refractivity contribution in [2.45, 2.75) is 50.8 Å². The van der Waals surface area contributed by atoms with E-state index in [-0.39, 0.29) is 24.8 Å². The van der Waals surface area contributed by atoms with E-state index in [4.69, 9.17) is 9.26 Å². The van der Waals surface area contributed by atoms with E-state index in [0.717, 1.165) is 6.42 Å². The Morgan fingerprint density at radius 2 is 2.04 bits per heavy atom. The van der Waals surface area contributed by atoms with Gasteiger partial charge in [-0.25, -0.2) is 4.39 Å². The number of benzene rings is 1. The monoisotopic (exact) mass is 353 g/mol. The van der Waals surface area contributed by atoms with Crippen molar-refractivity contribution in [3.8, 4) is 5.75 Å². The van der Waals surface area contributed by atoms with Crippen molar-refractivity contribution in [2.24, 2.45) is 5.92 Å². The molecule has 0 aliphatic carbocycles. The van der Waals surface area contributed by atoms with Crippen LogP contribution in [-0.4, -0.2) is 22.2 Å². The lowest BCUT2D eigenvalue weighted by Crippen LogP contribution is -2.38. The van der Waals surface area contributed by atoms with Gasteiger partial charge in [-0.1, -0.05) is 11.2 Å². The molecule has 0 spiro atoms. The fourth-order valence-electron chi connectivity index (χ4n) is 3.73. The van der Waals surface area contributed by atoms with Crippen molar-refractivity contribution in [2.75, 3.05) is 0 Å². The molecule has 7 heteroatoms. The summed E-state index contributed by atoms with van der Waals surface area (Å²) in [4.78, 5) is 4.40. The van der Waals surface area contributed by atoms with Gasteiger partial charge in [0, 0.05) is 24.6 Å². The summed E-state index contributed by atoms with van der Waals surface area (Å²) in [6.45, 7) is 0.185. The van der Waals surface area contributed by atoms with Crippen LogP contribution >= 0.6 is 12.4 Å². The Balaban J connectivity index is 0.00000169. The normalized spacial score (nSPS) is 25.3. The number of aromatic nitrogens is 2. The third-order valence-electron chi connectivity index (χ3n) is 4.71. The van der Waals surface area contributed by atoms with Crippen LogP contribution in [0.3, 0.4) is 0 Å². The second kappa shape index (κ2) is 7.49. The molecule has 0 amide bonds. The highest BCUT2D eigenvalue weighted by Crippen LogP contribution is 2.32. The minimum atomic E-state index is -0.322. The van der Waals surface area contributed by atoms with Gasteiger partial charge in [0.2, 0.25) is 11.7 Å². The molecule has 130 valence electrons. The number of nitrogens with zero attached hydrogens (tertiary/aromatic N) is 2. The van der Waals surface area contributed by atoms with Crippen LogP contribution in [-0.2, 0) is 13.0 Å². The molecule has 0 saturated carbocycles. The molecule has 0 radical (unpaired) electrons. The van der Waals surface area contributed by atoms with Gasteiger partial charge in [0.05, 0.1) is 0 Å². The number of piperidine rings is 1. The van der Waals surface area contributed by atoms with Crippen molar-refractivity contribution in [1.29, 1.82) is 0 Å². The minimum absolute atomic E-state index is 0. The van der Waals surface area contributed by atoms with Crippen molar-refractivity contribution in [3.05, 3.63) is 41.8 Å². The number of rotatable bonds is 5. The average Bonchev–Trinajstić information content (AvgIpc) is 3.12. The maximum absolute atomic E-state index is 13.1. The fraction of sp³-hybridized carbons (Fsp3) is 0.529. The number of fused-ring (bicyclic) bond motifs is 2. The molecule has 1 N–H and O–H groups in total. The van der Waals surface area contributed by atoms with Crippen LogP contribution in [0.5, 0.6) is 5.75 Å². The van der Waals surface area contributed by atoms with Crippen molar-refractivity contribution >= 4 is 12.4 Å². The molecule has 2 bridgehead atoms. The van der Waals surface area contributed by atoms with Gasteiger partial charge in [0.15, 0.2) is 6.61 Å². The third-order valence-corrected chi connectivity index (χ3v) is 4.71. The van der Waals surface area contributed by atoms with E-state index in [1.54, 1.807) is 12.1 Å². The molecular weight excluding hydrogens is 333 g/mol. The van der Waals surface area contributed by atoms with Crippen LogP contribution < -0.4 is 10.1 Å². The molecule has 2 unspecified atom stereocenters. The van der Waals surface area contributed by atoms with Gasteiger partial charge >= 0.3 is 0 Å². The van der Waals surface area contributed by atoms with Gasteiger partial charge in [-0.05, 0) is 43.7 Å². The molecule has 2 aliphatic heterocycles. The van der Waals surface area contributed by atoms with Crippen LogP contribution in [0, 0.1) is 11.7 Å². The largest absolute Gasteiger partial charge is 0.485 e. The molecule has 1 aromatic heterocycles. The second-order valence-corrected chi connectivity index (χ2v) is 6.53. The number of hydrogen-bond acceptors (Lipinski definition) is 5. The van der Waals surface area contributed by atoms with Gasteiger partial charge in [0.25, 0.3) is 0 Å². The highest BCUT2D eigenvalue weighted by molar-refractivity contribution is 5.85. The van der Waals surface area contributed by atoms with Crippen LogP contribution in [0.15, 0.2) is 28.8 Å². The van der Waals surface area contributed by atoms with E-state index in [2.05, 4.69) is 15.5 Å². The molecule has 24 heavy (non-hydrogen) atoms. The van der Waals surface area contributed by atoms with E-state index in [1.807, 2.05) is 0 Å². The molecule has 2 aliphatic rings. The van der Waals surface area contributed by atoms with Gasteiger partial charge in [-0.2, -0.15) is 4.98 Å². The lowest BCUT2D eigenvalue weighted by molar-refractivity contribution is 0.266. The fourth-order valence-corrected chi connectivity index (χ4v) is 3.73. The lowest BCUT2D eigenvalue weighted by Gasteiger charge is -2.27. The summed E-state index contributed by atoms with van der Waals surface area (Å²) in [6.07, 6.45) is 5.79. The molecule has 4 rings (SSSR count). The number of halogens is 2.